The molecule has 5 heteroatoms. The van der Waals surface area contributed by atoms with Gasteiger partial charge in [-0.1, -0.05) is 0 Å². The van der Waals surface area contributed by atoms with E-state index in [1.165, 1.54) is 0 Å². The van der Waals surface area contributed by atoms with E-state index in [0.29, 0.717) is 5.82 Å². The summed E-state index contributed by atoms with van der Waals surface area (Å²) in [6, 6.07) is 3.77. The van der Waals surface area contributed by atoms with Crippen LogP contribution in [-0.4, -0.2) is 21.5 Å². The Bertz CT molecular complexity index is 410. The van der Waals surface area contributed by atoms with E-state index in [9.17, 15) is 0 Å². The van der Waals surface area contributed by atoms with Crippen LogP contribution in [0.25, 0.3) is 0 Å². The van der Waals surface area contributed by atoms with Crippen molar-refractivity contribution < 1.29 is 0 Å². The third-order valence-electron chi connectivity index (χ3n) is 2.10. The maximum absolute atomic E-state index is 5.69. The zero-order chi connectivity index (χ0) is 10.5. The zero-order valence-electron chi connectivity index (χ0n) is 8.27. The van der Waals surface area contributed by atoms with Gasteiger partial charge in [-0.05, 0) is 12.1 Å². The van der Waals surface area contributed by atoms with E-state index in [1.54, 1.807) is 12.5 Å². The molecule has 2 heterocycles. The van der Waals surface area contributed by atoms with Crippen molar-refractivity contribution in [3.63, 3.8) is 0 Å². The van der Waals surface area contributed by atoms with Crippen LogP contribution in [0.3, 0.4) is 0 Å². The summed E-state index contributed by atoms with van der Waals surface area (Å²) in [5.74, 6) is 0.530. The molecule has 0 saturated heterocycles. The summed E-state index contributed by atoms with van der Waals surface area (Å²) < 4.78 is 0. The summed E-state index contributed by atoms with van der Waals surface area (Å²) in [5.41, 5.74) is 7.66. The summed E-state index contributed by atoms with van der Waals surface area (Å²) in [6.45, 7) is 0.804. The van der Waals surface area contributed by atoms with Gasteiger partial charge in [-0.3, -0.25) is 0 Å². The van der Waals surface area contributed by atoms with E-state index in [4.69, 9.17) is 5.73 Å². The normalized spacial score (nSPS) is 10.1. The number of hydrogen-bond donors (Lipinski definition) is 3. The molecule has 2 aromatic rings. The molecule has 0 aliphatic heterocycles. The Balaban J connectivity index is 1.86. The smallest absolute Gasteiger partial charge is 0.146 e. The van der Waals surface area contributed by atoms with Gasteiger partial charge in [-0.2, -0.15) is 0 Å². The second kappa shape index (κ2) is 4.45. The predicted molar refractivity (Wildman–Crippen MR) is 59.4 cm³/mol. The number of nitrogen functional groups attached to an aromatic ring is 1. The van der Waals surface area contributed by atoms with E-state index >= 15 is 0 Å². The van der Waals surface area contributed by atoms with Crippen LogP contribution in [0.15, 0.2) is 30.9 Å². The predicted octanol–water partition coefficient (Wildman–Crippen LogP) is 1.04. The lowest BCUT2D eigenvalue weighted by atomic mass is 10.3. The number of pyridine rings is 1. The van der Waals surface area contributed by atoms with Gasteiger partial charge < -0.3 is 16.0 Å². The zero-order valence-corrected chi connectivity index (χ0v) is 8.27. The number of aromatic nitrogens is 3. The number of H-pyrrole nitrogens is 1. The molecule has 0 amide bonds. The molecular weight excluding hydrogens is 190 g/mol. The van der Waals surface area contributed by atoms with Gasteiger partial charge in [-0.15, -0.1) is 0 Å². The van der Waals surface area contributed by atoms with Crippen molar-refractivity contribution in [1.29, 1.82) is 0 Å². The van der Waals surface area contributed by atoms with E-state index in [-0.39, 0.29) is 0 Å². The maximum atomic E-state index is 5.69. The van der Waals surface area contributed by atoms with E-state index < -0.39 is 0 Å². The highest BCUT2D eigenvalue weighted by molar-refractivity contribution is 5.60. The average molecular weight is 203 g/mol. The Hall–Kier alpha value is -2.04. The fraction of sp³-hybridized carbons (Fsp3) is 0.200. The number of nitrogens with zero attached hydrogens (tertiary/aromatic N) is 2. The lowest BCUT2D eigenvalue weighted by molar-refractivity contribution is 0.976. The number of anilines is 2. The maximum Gasteiger partial charge on any atom is 0.146 e. The minimum absolute atomic E-state index is 0.530. The molecule has 78 valence electrons. The average Bonchev–Trinajstić information content (AvgIpc) is 2.74. The first-order valence-electron chi connectivity index (χ1n) is 4.78. The molecule has 4 N–H and O–H groups in total. The summed E-state index contributed by atoms with van der Waals surface area (Å²) in [7, 11) is 0. The number of rotatable bonds is 4. The number of nitrogens with two attached hydrogens (primary N) is 1. The molecule has 0 aliphatic carbocycles. The standard InChI is InChI=1S/C10H13N5/c11-10-9(2-1-4-14-10)13-5-3-8-6-12-7-15-8/h1-2,4,6-7,13H,3,5H2,(H2,11,14)(H,12,15). The van der Waals surface area contributed by atoms with Gasteiger partial charge >= 0.3 is 0 Å². The topological polar surface area (TPSA) is 79.6 Å². The molecule has 2 rings (SSSR count). The molecule has 0 unspecified atom stereocenters. The molecular formula is C10H13N5. The number of nitrogens with one attached hydrogen (secondary N) is 2. The molecule has 0 aliphatic rings. The summed E-state index contributed by atoms with van der Waals surface area (Å²) in [4.78, 5) is 11.0. The molecule has 5 nitrogen and oxygen atoms in total. The molecule has 15 heavy (non-hydrogen) atoms. The van der Waals surface area contributed by atoms with Crippen LogP contribution in [0, 0.1) is 0 Å². The van der Waals surface area contributed by atoms with Crippen molar-refractivity contribution in [2.45, 2.75) is 6.42 Å². The molecule has 0 aromatic carbocycles. The van der Waals surface area contributed by atoms with Gasteiger partial charge in [0.05, 0.1) is 12.0 Å². The third kappa shape index (κ3) is 2.46. The Morgan fingerprint density at radius 2 is 2.40 bits per heavy atom. The van der Waals surface area contributed by atoms with Gasteiger partial charge in [0.1, 0.15) is 5.82 Å². The van der Waals surface area contributed by atoms with Crippen molar-refractivity contribution >= 4 is 11.5 Å². The van der Waals surface area contributed by atoms with Crippen LogP contribution in [0.4, 0.5) is 11.5 Å². The van der Waals surface area contributed by atoms with Gasteiger partial charge in [0.2, 0.25) is 0 Å². The van der Waals surface area contributed by atoms with Gasteiger partial charge in [0.25, 0.3) is 0 Å². The summed E-state index contributed by atoms with van der Waals surface area (Å²) in [6.07, 6.45) is 6.05. The van der Waals surface area contributed by atoms with Gasteiger partial charge in [0, 0.05) is 31.1 Å². The number of hydrogen-bond acceptors (Lipinski definition) is 4. The third-order valence-corrected chi connectivity index (χ3v) is 2.10. The van der Waals surface area contributed by atoms with Crippen LogP contribution in [-0.2, 0) is 6.42 Å². The highest BCUT2D eigenvalue weighted by Crippen LogP contribution is 2.13. The lowest BCUT2D eigenvalue weighted by Crippen LogP contribution is -2.07. The molecule has 0 bridgehead atoms. The number of imidazole rings is 1. The highest BCUT2D eigenvalue weighted by atomic mass is 15.0. The van der Waals surface area contributed by atoms with Gasteiger partial charge in [-0.25, -0.2) is 9.97 Å². The molecule has 0 spiro atoms. The molecule has 0 saturated carbocycles. The second-order valence-electron chi connectivity index (χ2n) is 3.19. The quantitative estimate of drug-likeness (QED) is 0.693. The minimum Gasteiger partial charge on any atom is -0.382 e. The van der Waals surface area contributed by atoms with E-state index in [2.05, 4.69) is 20.3 Å². The van der Waals surface area contributed by atoms with E-state index in [0.717, 1.165) is 24.3 Å². The minimum atomic E-state index is 0.530. The van der Waals surface area contributed by atoms with Crippen LogP contribution >= 0.6 is 0 Å². The largest absolute Gasteiger partial charge is 0.382 e. The monoisotopic (exact) mass is 203 g/mol. The van der Waals surface area contributed by atoms with Crippen molar-refractivity contribution in [3.05, 3.63) is 36.5 Å². The van der Waals surface area contributed by atoms with Crippen LogP contribution in [0.5, 0.6) is 0 Å². The Kier molecular flexibility index (Phi) is 2.82. The first kappa shape index (κ1) is 9.51. The molecule has 0 atom stereocenters. The lowest BCUT2D eigenvalue weighted by Gasteiger charge is -2.06. The number of aromatic amines is 1. The van der Waals surface area contributed by atoms with Crippen molar-refractivity contribution in [3.8, 4) is 0 Å². The molecule has 0 radical (unpaired) electrons. The Morgan fingerprint density at radius 1 is 1.47 bits per heavy atom. The fourth-order valence-corrected chi connectivity index (χ4v) is 1.32. The highest BCUT2D eigenvalue weighted by Gasteiger charge is 1.98. The van der Waals surface area contributed by atoms with E-state index in [1.807, 2.05) is 18.3 Å². The van der Waals surface area contributed by atoms with Gasteiger partial charge in [0.15, 0.2) is 0 Å². The fourth-order valence-electron chi connectivity index (χ4n) is 1.32. The molecule has 0 fully saturated rings. The molecule has 2 aromatic heterocycles. The van der Waals surface area contributed by atoms with Crippen molar-refractivity contribution in [1.82, 2.24) is 15.0 Å². The van der Waals surface area contributed by atoms with Crippen molar-refractivity contribution in [2.24, 2.45) is 0 Å². The summed E-state index contributed by atoms with van der Waals surface area (Å²) >= 11 is 0. The SMILES string of the molecule is Nc1ncccc1NCCc1cnc[nH]1. The van der Waals surface area contributed by atoms with Crippen LogP contribution in [0.2, 0.25) is 0 Å². The van der Waals surface area contributed by atoms with Crippen LogP contribution < -0.4 is 11.1 Å². The van der Waals surface area contributed by atoms with Crippen molar-refractivity contribution in [2.75, 3.05) is 17.6 Å². The Morgan fingerprint density at radius 3 is 3.13 bits per heavy atom. The van der Waals surface area contributed by atoms with Crippen LogP contribution in [0.1, 0.15) is 5.69 Å². The first-order chi connectivity index (χ1) is 7.36. The summed E-state index contributed by atoms with van der Waals surface area (Å²) in [5, 5.41) is 3.22. The first-order valence-corrected chi connectivity index (χ1v) is 4.78. The Labute approximate surface area is 87.8 Å². The second-order valence-corrected chi connectivity index (χ2v) is 3.19.